The van der Waals surface area contributed by atoms with Crippen molar-refractivity contribution < 1.29 is 0 Å². The molecule has 6 heteroatoms. The van der Waals surface area contributed by atoms with E-state index in [1.807, 2.05) is 32.2 Å². The fraction of sp³-hybridized carbons (Fsp3) is 0.267. The van der Waals surface area contributed by atoms with Crippen molar-refractivity contribution in [1.29, 1.82) is 0 Å². The van der Waals surface area contributed by atoms with Crippen LogP contribution in [0.4, 0.5) is 0 Å². The van der Waals surface area contributed by atoms with Crippen LogP contribution in [0.1, 0.15) is 16.8 Å². The van der Waals surface area contributed by atoms with Gasteiger partial charge in [-0.2, -0.15) is 5.10 Å². The second-order valence-corrected chi connectivity index (χ2v) is 5.92. The maximum absolute atomic E-state index is 6.32. The molecule has 3 aromatic rings. The third kappa shape index (κ3) is 2.44. The van der Waals surface area contributed by atoms with E-state index >= 15 is 0 Å². The highest BCUT2D eigenvalue weighted by molar-refractivity contribution is 6.31. The summed E-state index contributed by atoms with van der Waals surface area (Å²) in [7, 11) is 1.84. The molecule has 0 bridgehead atoms. The average molecular weight is 323 g/mol. The van der Waals surface area contributed by atoms with Gasteiger partial charge >= 0.3 is 0 Å². The Morgan fingerprint density at radius 2 is 2.05 bits per heavy atom. The summed E-state index contributed by atoms with van der Waals surface area (Å²) in [6.45, 7) is 3.10. The first-order valence-corrected chi connectivity index (χ1v) is 7.42. The number of hydrogen-bond donors (Lipinski definition) is 1. The third-order valence-electron chi connectivity index (χ3n) is 3.75. The van der Waals surface area contributed by atoms with E-state index in [1.165, 1.54) is 0 Å². The second kappa shape index (κ2) is 5.37. The predicted molar refractivity (Wildman–Crippen MR) is 86.9 cm³/mol. The van der Waals surface area contributed by atoms with E-state index < -0.39 is 0 Å². The van der Waals surface area contributed by atoms with E-state index in [-0.39, 0.29) is 0 Å². The highest BCUT2D eigenvalue weighted by Crippen LogP contribution is 2.27. The first-order chi connectivity index (χ1) is 10.0. The first-order valence-electron chi connectivity index (χ1n) is 6.66. The molecule has 0 aliphatic carbocycles. The van der Waals surface area contributed by atoms with Gasteiger partial charge in [0.2, 0.25) is 0 Å². The van der Waals surface area contributed by atoms with Crippen LogP contribution in [0.5, 0.6) is 0 Å². The van der Waals surface area contributed by atoms with Crippen LogP contribution in [-0.2, 0) is 20.1 Å². The molecule has 2 aromatic heterocycles. The van der Waals surface area contributed by atoms with E-state index in [2.05, 4.69) is 15.9 Å². The Balaban J connectivity index is 2.14. The molecule has 0 fully saturated rings. The van der Waals surface area contributed by atoms with Crippen LogP contribution >= 0.6 is 23.2 Å². The molecule has 3 rings (SSSR count). The number of aromatic nitrogens is 3. The minimum atomic E-state index is 0.491. The number of fused-ring (bicyclic) bond motifs is 1. The molecule has 110 valence electrons. The summed E-state index contributed by atoms with van der Waals surface area (Å²) in [4.78, 5) is 0. The zero-order chi connectivity index (χ0) is 15.1. The van der Waals surface area contributed by atoms with Crippen LogP contribution in [0.25, 0.3) is 10.9 Å². The summed E-state index contributed by atoms with van der Waals surface area (Å²) in [6.07, 6.45) is 2.06. The Morgan fingerprint density at radius 3 is 2.67 bits per heavy atom. The van der Waals surface area contributed by atoms with Gasteiger partial charge in [0.25, 0.3) is 0 Å². The van der Waals surface area contributed by atoms with E-state index in [4.69, 9.17) is 28.9 Å². The van der Waals surface area contributed by atoms with Crippen molar-refractivity contribution in [3.05, 3.63) is 51.4 Å². The lowest BCUT2D eigenvalue weighted by molar-refractivity contribution is 0.757. The van der Waals surface area contributed by atoms with E-state index in [1.54, 1.807) is 4.68 Å². The Hall–Kier alpha value is -1.49. The molecule has 0 aliphatic rings. The van der Waals surface area contributed by atoms with Crippen LogP contribution in [0.2, 0.25) is 10.2 Å². The third-order valence-corrected chi connectivity index (χ3v) is 4.45. The molecule has 0 atom stereocenters. The summed E-state index contributed by atoms with van der Waals surface area (Å²) in [6, 6.07) is 5.85. The average Bonchev–Trinajstić information content (AvgIpc) is 2.91. The fourth-order valence-electron chi connectivity index (χ4n) is 2.66. The van der Waals surface area contributed by atoms with Gasteiger partial charge < -0.3 is 10.3 Å². The smallest absolute Gasteiger partial charge is 0.131 e. The Bertz CT molecular complexity index is 817. The molecule has 0 spiro atoms. The van der Waals surface area contributed by atoms with Gasteiger partial charge in [0.15, 0.2) is 0 Å². The topological polar surface area (TPSA) is 48.8 Å². The normalized spacial score (nSPS) is 11.5. The molecule has 0 unspecified atom stereocenters. The van der Waals surface area contributed by atoms with E-state index in [9.17, 15) is 0 Å². The van der Waals surface area contributed by atoms with Crippen molar-refractivity contribution in [2.45, 2.75) is 20.0 Å². The van der Waals surface area contributed by atoms with Crippen molar-refractivity contribution in [1.82, 2.24) is 14.3 Å². The summed E-state index contributed by atoms with van der Waals surface area (Å²) in [5.41, 5.74) is 9.93. The standard InChI is InChI=1S/C15H16Cl2N4/c1-9-13(15(17)20(2)19-9)8-21-7-10(6-18)12-4-3-11(16)5-14(12)21/h3-5,7H,6,8,18H2,1-2H3. The molecule has 2 heterocycles. The van der Waals surface area contributed by atoms with Gasteiger partial charge in [-0.1, -0.05) is 29.3 Å². The lowest BCUT2D eigenvalue weighted by Gasteiger charge is -2.06. The number of aryl methyl sites for hydroxylation is 2. The predicted octanol–water partition coefficient (Wildman–Crippen LogP) is 3.50. The van der Waals surface area contributed by atoms with Crippen LogP contribution in [0.3, 0.4) is 0 Å². The maximum atomic E-state index is 6.32. The first kappa shape index (κ1) is 14.4. The van der Waals surface area contributed by atoms with Gasteiger partial charge in [0.1, 0.15) is 5.15 Å². The minimum Gasteiger partial charge on any atom is -0.342 e. The van der Waals surface area contributed by atoms with Crippen LogP contribution < -0.4 is 5.73 Å². The largest absolute Gasteiger partial charge is 0.342 e. The number of rotatable bonds is 3. The second-order valence-electron chi connectivity index (χ2n) is 5.13. The highest BCUT2D eigenvalue weighted by Gasteiger charge is 2.14. The molecule has 0 amide bonds. The van der Waals surface area contributed by atoms with E-state index in [0.717, 1.165) is 27.7 Å². The number of halogens is 2. The Labute approximate surface area is 133 Å². The zero-order valence-corrected chi connectivity index (χ0v) is 13.4. The maximum Gasteiger partial charge on any atom is 0.131 e. The van der Waals surface area contributed by atoms with Gasteiger partial charge in [0, 0.05) is 35.8 Å². The van der Waals surface area contributed by atoms with Crippen LogP contribution in [-0.4, -0.2) is 14.3 Å². The fourth-order valence-corrected chi connectivity index (χ4v) is 3.06. The lowest BCUT2D eigenvalue weighted by Crippen LogP contribution is -2.00. The molecule has 21 heavy (non-hydrogen) atoms. The molecular weight excluding hydrogens is 307 g/mol. The zero-order valence-electron chi connectivity index (χ0n) is 11.9. The van der Waals surface area contributed by atoms with Gasteiger partial charge in [-0.05, 0) is 24.6 Å². The summed E-state index contributed by atoms with van der Waals surface area (Å²) < 4.78 is 3.81. The molecular formula is C15H16Cl2N4. The molecule has 4 nitrogen and oxygen atoms in total. The molecule has 2 N–H and O–H groups in total. The van der Waals surface area contributed by atoms with Crippen LogP contribution in [0, 0.1) is 6.92 Å². The van der Waals surface area contributed by atoms with Crippen molar-refractivity contribution in [2.75, 3.05) is 0 Å². The highest BCUT2D eigenvalue weighted by atomic mass is 35.5. The molecule has 1 aromatic carbocycles. The summed E-state index contributed by atoms with van der Waals surface area (Å²) in [5, 5.41) is 6.84. The summed E-state index contributed by atoms with van der Waals surface area (Å²) in [5.74, 6) is 0. The summed E-state index contributed by atoms with van der Waals surface area (Å²) >= 11 is 12.4. The SMILES string of the molecule is Cc1nn(C)c(Cl)c1Cn1cc(CN)c2ccc(Cl)cc21. The molecule has 0 saturated heterocycles. The minimum absolute atomic E-state index is 0.491. The van der Waals surface area contributed by atoms with Crippen molar-refractivity contribution in [3.63, 3.8) is 0 Å². The Morgan fingerprint density at radius 1 is 1.29 bits per heavy atom. The lowest BCUT2D eigenvalue weighted by atomic mass is 10.2. The quantitative estimate of drug-likeness (QED) is 0.802. The van der Waals surface area contributed by atoms with Crippen LogP contribution in [0.15, 0.2) is 24.4 Å². The molecule has 0 aliphatic heterocycles. The number of nitrogens with zero attached hydrogens (tertiary/aromatic N) is 3. The van der Waals surface area contributed by atoms with Gasteiger partial charge in [-0.15, -0.1) is 0 Å². The monoisotopic (exact) mass is 322 g/mol. The number of benzene rings is 1. The van der Waals surface area contributed by atoms with E-state index in [0.29, 0.717) is 23.3 Å². The Kier molecular flexibility index (Phi) is 3.69. The van der Waals surface area contributed by atoms with Crippen molar-refractivity contribution >= 4 is 34.1 Å². The molecule has 0 saturated carbocycles. The number of hydrogen-bond acceptors (Lipinski definition) is 2. The van der Waals surface area contributed by atoms with Crippen molar-refractivity contribution in [2.24, 2.45) is 12.8 Å². The van der Waals surface area contributed by atoms with Gasteiger partial charge in [-0.25, -0.2) is 0 Å². The van der Waals surface area contributed by atoms with Crippen molar-refractivity contribution in [3.8, 4) is 0 Å². The van der Waals surface area contributed by atoms with Gasteiger partial charge in [0.05, 0.1) is 17.8 Å². The van der Waals surface area contributed by atoms with Gasteiger partial charge in [-0.3, -0.25) is 4.68 Å². The number of nitrogens with two attached hydrogens (primary N) is 1. The molecule has 0 radical (unpaired) electrons.